The fourth-order valence-corrected chi connectivity index (χ4v) is 5.26. The lowest BCUT2D eigenvalue weighted by Gasteiger charge is -2.42. The van der Waals surface area contributed by atoms with Gasteiger partial charge in [-0.3, -0.25) is 4.90 Å². The third-order valence-corrected chi connectivity index (χ3v) is 6.06. The number of nitrogens with one attached hydrogen (secondary N) is 1. The van der Waals surface area contributed by atoms with E-state index in [0.29, 0.717) is 18.8 Å². The molecule has 1 N–H and O–H groups in total. The molecule has 2 heterocycles. The van der Waals surface area contributed by atoms with Gasteiger partial charge in [0.05, 0.1) is 24.3 Å². The number of rotatable bonds is 4. The largest absolute Gasteiger partial charge is 0.490 e. The fourth-order valence-electron chi connectivity index (χ4n) is 3.87. The normalized spacial score (nSPS) is 20.7. The fraction of sp³-hybridized carbons (Fsp3) is 0.381. The summed E-state index contributed by atoms with van der Waals surface area (Å²) in [6, 6.07) is 14.1. The predicted molar refractivity (Wildman–Crippen MR) is 129 cm³/mol. The molecule has 2 aliphatic heterocycles. The molecule has 9 heteroatoms. The van der Waals surface area contributed by atoms with Crippen molar-refractivity contribution in [2.75, 3.05) is 32.8 Å². The van der Waals surface area contributed by atoms with Gasteiger partial charge in [0.2, 0.25) is 0 Å². The van der Waals surface area contributed by atoms with Gasteiger partial charge in [-0.2, -0.15) is 5.26 Å². The summed E-state index contributed by atoms with van der Waals surface area (Å²) in [6.45, 7) is 4.81. The molecule has 0 amide bonds. The lowest BCUT2D eigenvalue weighted by molar-refractivity contribution is -0.0617. The standard InChI is InChI=1S/C21H21Br2N3O2.2ClH/c22-16-7-15(8-17(23)10-16)12-27-20-13-28-19-2-1-14(11-24)9-18(19)21(20)26-5-3-25-4-6-26;;/h1-2,7-10,20-21,25H,3-6,12-13H2;2*1H/t20-,21-;;/m0../s1. The predicted octanol–water partition coefficient (Wildman–Crippen LogP) is 4.85. The molecule has 1 saturated heterocycles. The van der Waals surface area contributed by atoms with Crippen LogP contribution in [0.3, 0.4) is 0 Å². The van der Waals surface area contributed by atoms with Gasteiger partial charge in [-0.05, 0) is 42.0 Å². The van der Waals surface area contributed by atoms with E-state index in [1.807, 2.05) is 24.3 Å². The number of nitrogens with zero attached hydrogens (tertiary/aromatic N) is 2. The first-order valence-electron chi connectivity index (χ1n) is 9.32. The minimum Gasteiger partial charge on any atom is -0.490 e. The van der Waals surface area contributed by atoms with Crippen LogP contribution >= 0.6 is 56.7 Å². The molecular formula is C21H23Br2Cl2N3O2. The second-order valence-electron chi connectivity index (χ2n) is 7.03. The van der Waals surface area contributed by atoms with Crippen LogP contribution in [0.15, 0.2) is 45.3 Å². The quantitative estimate of drug-likeness (QED) is 0.561. The molecule has 2 atom stereocenters. The van der Waals surface area contributed by atoms with Crippen LogP contribution in [0.4, 0.5) is 0 Å². The highest BCUT2D eigenvalue weighted by molar-refractivity contribution is 9.11. The average Bonchev–Trinajstić information content (AvgIpc) is 2.71. The number of halogens is 4. The van der Waals surface area contributed by atoms with Gasteiger partial charge in [0.15, 0.2) is 0 Å². The summed E-state index contributed by atoms with van der Waals surface area (Å²) in [5, 5.41) is 12.8. The summed E-state index contributed by atoms with van der Waals surface area (Å²) in [4.78, 5) is 2.44. The Bertz CT molecular complexity index is 884. The number of hydrogen-bond acceptors (Lipinski definition) is 5. The van der Waals surface area contributed by atoms with Crippen molar-refractivity contribution in [1.82, 2.24) is 10.2 Å². The van der Waals surface area contributed by atoms with Crippen LogP contribution in [-0.4, -0.2) is 43.8 Å². The molecule has 30 heavy (non-hydrogen) atoms. The summed E-state index contributed by atoms with van der Waals surface area (Å²) in [7, 11) is 0. The van der Waals surface area contributed by atoms with E-state index in [1.54, 1.807) is 0 Å². The Morgan fingerprint density at radius 2 is 1.80 bits per heavy atom. The molecule has 0 saturated carbocycles. The first-order valence-corrected chi connectivity index (χ1v) is 10.9. The van der Waals surface area contributed by atoms with Gasteiger partial charge in [0, 0.05) is 40.7 Å². The molecule has 0 aromatic heterocycles. The summed E-state index contributed by atoms with van der Waals surface area (Å²) in [6.07, 6.45) is -0.0997. The van der Waals surface area contributed by atoms with Crippen LogP contribution in [0.25, 0.3) is 0 Å². The highest BCUT2D eigenvalue weighted by atomic mass is 79.9. The van der Waals surface area contributed by atoms with Gasteiger partial charge in [0.25, 0.3) is 0 Å². The van der Waals surface area contributed by atoms with E-state index in [4.69, 9.17) is 9.47 Å². The van der Waals surface area contributed by atoms with Crippen molar-refractivity contribution in [1.29, 1.82) is 5.26 Å². The summed E-state index contributed by atoms with van der Waals surface area (Å²) in [5.41, 5.74) is 2.79. The molecule has 0 spiro atoms. The van der Waals surface area contributed by atoms with E-state index >= 15 is 0 Å². The molecule has 4 rings (SSSR count). The second kappa shape index (κ2) is 11.7. The number of benzene rings is 2. The van der Waals surface area contributed by atoms with Crippen molar-refractivity contribution >= 4 is 56.7 Å². The Balaban J connectivity index is 0.00000160. The van der Waals surface area contributed by atoms with E-state index in [1.165, 1.54) is 0 Å². The summed E-state index contributed by atoms with van der Waals surface area (Å²) < 4.78 is 14.4. The van der Waals surface area contributed by atoms with E-state index in [0.717, 1.165) is 52.0 Å². The Labute approximate surface area is 206 Å². The van der Waals surface area contributed by atoms with Crippen LogP contribution in [-0.2, 0) is 11.3 Å². The van der Waals surface area contributed by atoms with Crippen molar-refractivity contribution in [3.63, 3.8) is 0 Å². The number of fused-ring (bicyclic) bond motifs is 1. The molecule has 0 bridgehead atoms. The zero-order chi connectivity index (χ0) is 19.5. The van der Waals surface area contributed by atoms with Gasteiger partial charge < -0.3 is 14.8 Å². The first kappa shape index (κ1) is 25.4. The summed E-state index contributed by atoms with van der Waals surface area (Å²) in [5.74, 6) is 0.854. The molecule has 2 aromatic rings. The second-order valence-corrected chi connectivity index (χ2v) is 8.86. The van der Waals surface area contributed by atoms with Gasteiger partial charge in [0.1, 0.15) is 18.5 Å². The van der Waals surface area contributed by atoms with Crippen molar-refractivity contribution in [2.45, 2.75) is 18.8 Å². The molecule has 2 aromatic carbocycles. The van der Waals surface area contributed by atoms with Crippen LogP contribution in [0.1, 0.15) is 22.7 Å². The molecular weight excluding hydrogens is 557 g/mol. The van der Waals surface area contributed by atoms with Gasteiger partial charge in [-0.1, -0.05) is 31.9 Å². The SMILES string of the molecule is Cl.Cl.N#Cc1ccc2c(c1)[C@H](N1CCNCC1)[C@@H](OCc1cc(Br)cc(Br)c1)CO2. The average molecular weight is 580 g/mol. The minimum absolute atomic E-state index is 0. The number of ether oxygens (including phenoxy) is 2. The van der Waals surface area contributed by atoms with E-state index in [9.17, 15) is 5.26 Å². The van der Waals surface area contributed by atoms with Crippen molar-refractivity contribution in [3.8, 4) is 11.8 Å². The molecule has 5 nitrogen and oxygen atoms in total. The smallest absolute Gasteiger partial charge is 0.124 e. The Morgan fingerprint density at radius 1 is 1.10 bits per heavy atom. The van der Waals surface area contributed by atoms with Gasteiger partial charge >= 0.3 is 0 Å². The molecule has 2 aliphatic rings. The molecule has 0 radical (unpaired) electrons. The van der Waals surface area contributed by atoms with Crippen LogP contribution in [0.5, 0.6) is 5.75 Å². The number of nitriles is 1. The minimum atomic E-state index is -0.0997. The maximum Gasteiger partial charge on any atom is 0.124 e. The molecule has 0 unspecified atom stereocenters. The van der Waals surface area contributed by atoms with Crippen LogP contribution < -0.4 is 10.1 Å². The first-order chi connectivity index (χ1) is 13.6. The van der Waals surface area contributed by atoms with Crippen LogP contribution in [0.2, 0.25) is 0 Å². The third kappa shape index (κ3) is 5.89. The third-order valence-electron chi connectivity index (χ3n) is 5.14. The summed E-state index contributed by atoms with van der Waals surface area (Å²) >= 11 is 7.07. The van der Waals surface area contributed by atoms with Crippen molar-refractivity contribution in [2.24, 2.45) is 0 Å². The van der Waals surface area contributed by atoms with Crippen LogP contribution in [0, 0.1) is 11.3 Å². The van der Waals surface area contributed by atoms with E-state index in [-0.39, 0.29) is 37.0 Å². The Kier molecular flexibility index (Phi) is 9.89. The maximum atomic E-state index is 9.35. The zero-order valence-electron chi connectivity index (χ0n) is 16.1. The van der Waals surface area contributed by atoms with Gasteiger partial charge in [-0.25, -0.2) is 0 Å². The number of hydrogen-bond donors (Lipinski definition) is 1. The molecule has 0 aliphatic carbocycles. The molecule has 162 valence electrons. The van der Waals surface area contributed by atoms with Crippen molar-refractivity contribution < 1.29 is 9.47 Å². The Hall–Kier alpha value is -0.850. The van der Waals surface area contributed by atoms with Crippen molar-refractivity contribution in [3.05, 3.63) is 62.0 Å². The lowest BCUT2D eigenvalue weighted by atomic mass is 9.94. The Morgan fingerprint density at radius 3 is 2.47 bits per heavy atom. The molecule has 1 fully saturated rings. The maximum absolute atomic E-state index is 9.35. The zero-order valence-corrected chi connectivity index (χ0v) is 20.9. The highest BCUT2D eigenvalue weighted by Gasteiger charge is 2.36. The monoisotopic (exact) mass is 577 g/mol. The van der Waals surface area contributed by atoms with E-state index in [2.05, 4.69) is 60.3 Å². The number of piperazine rings is 1. The highest BCUT2D eigenvalue weighted by Crippen LogP contribution is 2.38. The van der Waals surface area contributed by atoms with E-state index < -0.39 is 0 Å². The van der Waals surface area contributed by atoms with Gasteiger partial charge in [-0.15, -0.1) is 24.8 Å². The lowest BCUT2D eigenvalue weighted by Crippen LogP contribution is -2.51. The topological polar surface area (TPSA) is 57.5 Å².